The largest absolute Gasteiger partial charge is 0.481 e. The van der Waals surface area contributed by atoms with Gasteiger partial charge in [0.25, 0.3) is 20.2 Å². The normalized spacial score (nSPS) is 20.4. The van der Waals surface area contributed by atoms with Crippen molar-refractivity contribution in [3.63, 3.8) is 0 Å². The number of rotatable bonds is 24. The number of aromatic nitrogens is 4. The zero-order chi connectivity index (χ0) is 60.9. The van der Waals surface area contributed by atoms with Crippen LogP contribution in [0.1, 0.15) is 69.4 Å². The summed E-state index contributed by atoms with van der Waals surface area (Å²) in [4.78, 5) is 68.1. The molecule has 0 radical (unpaired) electrons. The Hall–Kier alpha value is -6.76. The lowest BCUT2D eigenvalue weighted by Gasteiger charge is -2.30. The number of imidazole rings is 1. The van der Waals surface area contributed by atoms with E-state index in [9.17, 15) is 54.7 Å². The summed E-state index contributed by atoms with van der Waals surface area (Å²) in [6.45, 7) is 8.19. The van der Waals surface area contributed by atoms with Gasteiger partial charge in [-0.1, -0.05) is 42.5 Å². The number of phosphoric acid groups is 2. The topological polar surface area (TPSA) is 408 Å². The van der Waals surface area contributed by atoms with Gasteiger partial charge in [-0.3, -0.25) is 23.0 Å². The van der Waals surface area contributed by atoms with Gasteiger partial charge in [-0.2, -0.15) is 21.1 Å². The molecule has 2 amide bonds. The van der Waals surface area contributed by atoms with Crippen molar-refractivity contribution in [3.05, 3.63) is 119 Å². The van der Waals surface area contributed by atoms with E-state index in [4.69, 9.17) is 29.4 Å². The predicted octanol–water partition coefficient (Wildman–Crippen LogP) is 4.66. The minimum atomic E-state index is -5.51. The Morgan fingerprint density at radius 2 is 1.68 bits per heavy atom. The monoisotopic (exact) mass is 1240 g/mol. The molecule has 2 unspecified atom stereocenters. The smallest absolute Gasteiger partial charge is 0.456 e. The number of nitrogens with one attached hydrogen (secondary N) is 2. The van der Waals surface area contributed by atoms with Crippen LogP contribution in [0.4, 0.5) is 16.3 Å². The zero-order valence-corrected chi connectivity index (χ0v) is 49.2. The standard InChI is InChI=1S/C52H63N9O19P2S2/c1-5-59(6-2)34-18-20-37-36(32(3)46(77-40(37)27-34)33-13-8-7-9-14-33)15-10-16-42-52(4,38-28-35(84(73,74)75)19-21-39(38)60(42)25-12-26-83(70,71)72)22-11-17-43(62)54-23-24-55-51(64)79-47-45(63)41(29-76-82(68,69)80-81(65,66)67)78-50(47)61-31-58-44-48(53)56-30-57-49(44)61/h7-10,13-16,18-21,27-28,30-31,41,45,47,50,63H,5-6,11-12,17,22-26,29H2,1-4H3,(H8-,53,54,55,56,57,62,64,65,66,67,68,69,70,71,72,73,74,75)/p+1/t41-,45-,47-,50-,52?/m1/s1. The second-order valence-electron chi connectivity index (χ2n) is 19.9. The third-order valence-electron chi connectivity index (χ3n) is 14.3. The number of phosphoric ester groups is 1. The van der Waals surface area contributed by atoms with Gasteiger partial charge >= 0.3 is 21.7 Å². The lowest BCUT2D eigenvalue weighted by molar-refractivity contribution is -0.121. The Bertz CT molecular complexity index is 3870. The van der Waals surface area contributed by atoms with Gasteiger partial charge in [-0.15, -0.1) is 0 Å². The molecule has 0 spiro atoms. The Balaban J connectivity index is 1.00. The van der Waals surface area contributed by atoms with Crippen molar-refractivity contribution in [1.82, 2.24) is 34.7 Å². The number of amides is 2. The van der Waals surface area contributed by atoms with Crippen molar-refractivity contribution in [2.75, 3.05) is 55.7 Å². The van der Waals surface area contributed by atoms with E-state index in [0.29, 0.717) is 28.5 Å². The first-order chi connectivity index (χ1) is 39.6. The molecule has 1 aliphatic carbocycles. The number of nitrogens with two attached hydrogens (primary N) is 1. The van der Waals surface area contributed by atoms with E-state index in [1.807, 2.05) is 85.5 Å². The van der Waals surface area contributed by atoms with Crippen LogP contribution in [-0.2, 0) is 57.9 Å². The van der Waals surface area contributed by atoms with Crippen LogP contribution in [0.5, 0.6) is 0 Å². The molecule has 28 nitrogen and oxygen atoms in total. The fourth-order valence-corrected chi connectivity index (χ4v) is 12.9. The van der Waals surface area contributed by atoms with Gasteiger partial charge in [-0.25, -0.2) is 33.5 Å². The third kappa shape index (κ3) is 14.8. The maximum Gasteiger partial charge on any atom is 0.481 e. The molecular weight excluding hydrogens is 1180 g/mol. The van der Waals surface area contributed by atoms with Crippen molar-refractivity contribution < 1.29 is 87.2 Å². The second-order valence-corrected chi connectivity index (χ2v) is 25.7. The van der Waals surface area contributed by atoms with Crippen LogP contribution in [-0.4, -0.2) is 141 Å². The summed E-state index contributed by atoms with van der Waals surface area (Å²) in [6, 6.07) is 19.8. The number of benzene rings is 3. The van der Waals surface area contributed by atoms with E-state index in [2.05, 4.69) is 52.8 Å². The first kappa shape index (κ1) is 63.3. The van der Waals surface area contributed by atoms with Crippen molar-refractivity contribution in [2.45, 2.75) is 88.2 Å². The molecule has 32 heteroatoms. The van der Waals surface area contributed by atoms with Crippen molar-refractivity contribution in [1.29, 1.82) is 0 Å². The number of hydrogen-bond acceptors (Lipinski definition) is 19. The summed E-state index contributed by atoms with van der Waals surface area (Å²) < 4.78 is 122. The van der Waals surface area contributed by atoms with E-state index in [1.54, 1.807) is 0 Å². The fourth-order valence-electron chi connectivity index (χ4n) is 10.3. The van der Waals surface area contributed by atoms with Crippen molar-refractivity contribution in [3.8, 4) is 22.6 Å². The number of anilines is 2. The maximum atomic E-state index is 13.5. The highest BCUT2D eigenvalue weighted by Gasteiger charge is 2.49. The summed E-state index contributed by atoms with van der Waals surface area (Å²) >= 11 is 0. The van der Waals surface area contributed by atoms with Gasteiger partial charge in [0.1, 0.15) is 48.7 Å². The molecule has 452 valence electrons. The van der Waals surface area contributed by atoms with Gasteiger partial charge in [0.05, 0.1) is 29.6 Å². The van der Waals surface area contributed by atoms with E-state index in [0.717, 1.165) is 47.0 Å². The summed E-state index contributed by atoms with van der Waals surface area (Å²) in [5.41, 5.74) is 9.92. The molecule has 0 saturated carbocycles. The zero-order valence-electron chi connectivity index (χ0n) is 45.8. The first-order valence-corrected chi connectivity index (χ1v) is 32.3. The van der Waals surface area contributed by atoms with Gasteiger partial charge in [0, 0.05) is 65.6 Å². The molecule has 2 aromatic heterocycles. The number of alkyl carbamates (subject to hydrolysis) is 1. The highest BCUT2D eigenvalue weighted by Crippen LogP contribution is 2.58. The molecule has 10 N–H and O–H groups in total. The molecule has 0 bridgehead atoms. The lowest BCUT2D eigenvalue weighted by Crippen LogP contribution is -2.41. The van der Waals surface area contributed by atoms with Crippen molar-refractivity contribution in [2.24, 2.45) is 0 Å². The van der Waals surface area contributed by atoms with E-state index >= 15 is 0 Å². The lowest BCUT2D eigenvalue weighted by atomic mass is 9.77. The van der Waals surface area contributed by atoms with Crippen LogP contribution in [0.25, 0.3) is 39.9 Å². The van der Waals surface area contributed by atoms with Crippen LogP contribution in [0.2, 0.25) is 0 Å². The molecule has 4 aliphatic rings. The number of carbonyl (C=O) groups is 2. The maximum absolute atomic E-state index is 13.5. The Morgan fingerprint density at radius 3 is 2.37 bits per heavy atom. The number of hydrogen-bond donors (Lipinski definition) is 9. The van der Waals surface area contributed by atoms with Crippen molar-refractivity contribution >= 4 is 76.6 Å². The number of aliphatic hydroxyl groups is 1. The van der Waals surface area contributed by atoms with Crippen LogP contribution in [0.3, 0.4) is 0 Å². The number of ether oxygens (including phenoxy) is 2. The fraction of sp³-hybridized carbons (Fsp3) is 0.385. The summed E-state index contributed by atoms with van der Waals surface area (Å²) in [5, 5.41) is 17.4. The molecule has 4 aromatic rings. The van der Waals surface area contributed by atoms with Gasteiger partial charge in [-0.05, 0) is 88.4 Å². The predicted molar refractivity (Wildman–Crippen MR) is 305 cm³/mol. The van der Waals surface area contributed by atoms with Crippen LogP contribution < -0.4 is 31.2 Å². The number of fused-ring (bicyclic) bond motifs is 3. The van der Waals surface area contributed by atoms with Crippen LogP contribution in [0, 0.1) is 6.92 Å². The highest BCUT2D eigenvalue weighted by molar-refractivity contribution is 7.86. The number of nitrogens with zero attached hydrogens (tertiary/aromatic N) is 6. The molecule has 3 aliphatic heterocycles. The molecule has 84 heavy (non-hydrogen) atoms. The minimum absolute atomic E-state index is 0.0338. The van der Waals surface area contributed by atoms with E-state index < -0.39 is 95.1 Å². The number of nitrogen functional groups attached to an aromatic ring is 1. The highest BCUT2D eigenvalue weighted by atomic mass is 32.2. The molecular formula is C52H64N9O19P2S2+. The number of carbonyl (C=O) groups excluding carboxylic acids is 2. The Kier molecular flexibility index (Phi) is 19.5. The average molecular weight is 1250 g/mol. The Labute approximate surface area is 482 Å². The van der Waals surface area contributed by atoms with Crippen LogP contribution in [0.15, 0.2) is 107 Å². The number of aliphatic hydroxyl groups excluding tert-OH is 1. The molecule has 2 aromatic carbocycles. The SMILES string of the molecule is CC[N+](CC)=c1ccc2c(/C=C/C=C3\N(CCCS(=O)(=O)O)c4ccc(S(=O)(=O)O)cc4C3(C)CCCC(=O)NCCNC(=O)O[C@@H]3[C@H](O)[C@@H](COP(=O)(O)OP(=O)(O)O)O[C@H]3n3cnc4c(N)ncnc43)c(C)c(-c3ccccc3)oc-2c1. The van der Waals surface area contributed by atoms with Gasteiger partial charge in [0.15, 0.2) is 23.8 Å². The quantitative estimate of drug-likeness (QED) is 0.0172. The van der Waals surface area contributed by atoms with Gasteiger partial charge in [0.2, 0.25) is 11.3 Å². The summed E-state index contributed by atoms with van der Waals surface area (Å²) in [6.07, 6.45) is 0.558. The first-order valence-electron chi connectivity index (χ1n) is 26.3. The summed E-state index contributed by atoms with van der Waals surface area (Å²) in [5.74, 6) is 0.227. The number of allylic oxidation sites excluding steroid dienone is 3. The van der Waals surface area contributed by atoms with Gasteiger partial charge < -0.3 is 54.9 Å². The average Bonchev–Trinajstić information content (AvgIpc) is 1.98. The van der Waals surface area contributed by atoms with E-state index in [-0.39, 0.29) is 62.3 Å². The molecule has 1 fully saturated rings. The summed E-state index contributed by atoms with van der Waals surface area (Å²) in [7, 11) is -20.0. The second kappa shape index (κ2) is 25.8. The van der Waals surface area contributed by atoms with E-state index in [1.165, 1.54) is 29.1 Å². The minimum Gasteiger partial charge on any atom is -0.456 e. The van der Waals surface area contributed by atoms with Crippen LogP contribution >= 0.6 is 15.6 Å². The third-order valence-corrected chi connectivity index (χ3v) is 18.1. The molecule has 6 atom stereocenters. The molecule has 5 heterocycles. The Morgan fingerprint density at radius 1 is 0.952 bits per heavy atom. The molecule has 8 rings (SSSR count). The molecule has 1 saturated heterocycles.